The largest absolute Gasteiger partial charge is 0.430 e. The Morgan fingerprint density at radius 1 is 1.03 bits per heavy atom. The summed E-state index contributed by atoms with van der Waals surface area (Å²) in [4.78, 5) is 11.6. The summed E-state index contributed by atoms with van der Waals surface area (Å²) in [5.74, 6) is -1.43. The van der Waals surface area contributed by atoms with E-state index in [1.54, 1.807) is 0 Å². The summed E-state index contributed by atoms with van der Waals surface area (Å²) in [6, 6.07) is 4.97. The number of hydrogen-bond acceptors (Lipinski definition) is 6. The normalized spacial score (nSPS) is 17.1. The molecule has 0 bridgehead atoms. The molecule has 1 heterocycles. The SMILES string of the molecule is CC(C)(O)CNC(=O)CC1CN(S(=O)(=O)c2ccc(F)cc2)c2ccc(C(O)(C(F)(F)F)C(F)(F)F)cc2S1. The molecule has 0 saturated heterocycles. The molecule has 216 valence electrons. The summed E-state index contributed by atoms with van der Waals surface area (Å²) in [7, 11) is -4.53. The summed E-state index contributed by atoms with van der Waals surface area (Å²) in [5, 5.41) is 21.0. The molecule has 2 aromatic rings. The zero-order valence-electron chi connectivity index (χ0n) is 20.3. The van der Waals surface area contributed by atoms with Gasteiger partial charge < -0.3 is 15.5 Å². The third-order valence-corrected chi connectivity index (χ3v) is 8.69. The Bertz CT molecular complexity index is 1310. The summed E-state index contributed by atoms with van der Waals surface area (Å²) < 4.78 is 122. The lowest BCUT2D eigenvalue weighted by Gasteiger charge is -2.37. The molecule has 39 heavy (non-hydrogen) atoms. The summed E-state index contributed by atoms with van der Waals surface area (Å²) in [6.45, 7) is 2.20. The minimum atomic E-state index is -6.17. The van der Waals surface area contributed by atoms with Crippen molar-refractivity contribution < 1.29 is 54.2 Å². The topological polar surface area (TPSA) is 107 Å². The quantitative estimate of drug-likeness (QED) is 0.412. The van der Waals surface area contributed by atoms with E-state index in [0.717, 1.165) is 24.3 Å². The summed E-state index contributed by atoms with van der Waals surface area (Å²) in [5.41, 5.74) is -8.45. The van der Waals surface area contributed by atoms with Gasteiger partial charge in [-0.1, -0.05) is 6.07 Å². The van der Waals surface area contributed by atoms with Crippen molar-refractivity contribution in [3.63, 3.8) is 0 Å². The van der Waals surface area contributed by atoms with E-state index in [1.165, 1.54) is 13.8 Å². The second-order valence-electron chi connectivity index (χ2n) is 9.41. The third kappa shape index (κ3) is 6.44. The van der Waals surface area contributed by atoms with Gasteiger partial charge in [0, 0.05) is 35.2 Å². The number of alkyl halides is 6. The van der Waals surface area contributed by atoms with Crippen molar-refractivity contribution in [3.8, 4) is 0 Å². The highest BCUT2D eigenvalue weighted by molar-refractivity contribution is 8.00. The molecule has 1 amide bonds. The molecule has 0 aromatic heterocycles. The molecule has 3 N–H and O–H groups in total. The molecule has 0 fully saturated rings. The van der Waals surface area contributed by atoms with Gasteiger partial charge in [-0.2, -0.15) is 26.3 Å². The maximum atomic E-state index is 13.5. The van der Waals surface area contributed by atoms with E-state index >= 15 is 0 Å². The van der Waals surface area contributed by atoms with Crippen LogP contribution in [0.2, 0.25) is 0 Å². The van der Waals surface area contributed by atoms with Crippen LogP contribution in [0.15, 0.2) is 52.3 Å². The van der Waals surface area contributed by atoms with Gasteiger partial charge in [-0.05, 0) is 50.2 Å². The minimum absolute atomic E-state index is 0.189. The lowest BCUT2D eigenvalue weighted by molar-refractivity contribution is -0.376. The highest BCUT2D eigenvalue weighted by Crippen LogP contribution is 2.52. The van der Waals surface area contributed by atoms with E-state index in [-0.39, 0.29) is 17.1 Å². The Kier molecular flexibility index (Phi) is 8.30. The number of sulfonamides is 1. The smallest absolute Gasteiger partial charge is 0.389 e. The predicted octanol–water partition coefficient (Wildman–Crippen LogP) is 4.08. The number of fused-ring (bicyclic) bond motifs is 1. The lowest BCUT2D eigenvalue weighted by Crippen LogP contribution is -2.54. The first-order chi connectivity index (χ1) is 17.7. The molecule has 1 aliphatic rings. The molecule has 3 rings (SSSR count). The number of amides is 1. The average Bonchev–Trinajstić information content (AvgIpc) is 2.79. The number of thioether (sulfide) groups is 1. The number of anilines is 1. The van der Waals surface area contributed by atoms with Gasteiger partial charge in [0.25, 0.3) is 15.6 Å². The van der Waals surface area contributed by atoms with Crippen LogP contribution >= 0.6 is 11.8 Å². The van der Waals surface area contributed by atoms with Crippen LogP contribution in [-0.4, -0.2) is 60.8 Å². The van der Waals surface area contributed by atoms with E-state index in [9.17, 15) is 54.2 Å². The van der Waals surface area contributed by atoms with Crippen LogP contribution < -0.4 is 9.62 Å². The average molecular weight is 605 g/mol. The number of hydrogen-bond donors (Lipinski definition) is 3. The van der Waals surface area contributed by atoms with Crippen LogP contribution in [-0.2, 0) is 20.4 Å². The van der Waals surface area contributed by atoms with E-state index in [0.29, 0.717) is 34.3 Å². The maximum Gasteiger partial charge on any atom is 0.430 e. The number of carbonyl (C=O) groups excluding carboxylic acids is 1. The molecule has 0 aliphatic carbocycles. The van der Waals surface area contributed by atoms with Gasteiger partial charge in [0.05, 0.1) is 16.2 Å². The fourth-order valence-corrected chi connectivity index (χ4v) is 6.68. The predicted molar refractivity (Wildman–Crippen MR) is 127 cm³/mol. The second kappa shape index (κ2) is 10.4. The summed E-state index contributed by atoms with van der Waals surface area (Å²) >= 11 is 0.652. The Labute approximate surface area is 223 Å². The van der Waals surface area contributed by atoms with Crippen molar-refractivity contribution in [3.05, 3.63) is 53.8 Å². The Morgan fingerprint density at radius 3 is 2.10 bits per heavy atom. The highest BCUT2D eigenvalue weighted by Gasteiger charge is 2.71. The number of halogens is 7. The van der Waals surface area contributed by atoms with Crippen molar-refractivity contribution in [1.29, 1.82) is 0 Å². The Balaban J connectivity index is 2.10. The van der Waals surface area contributed by atoms with Crippen LogP contribution in [0.1, 0.15) is 25.8 Å². The molecule has 7 nitrogen and oxygen atoms in total. The van der Waals surface area contributed by atoms with Crippen LogP contribution in [0, 0.1) is 5.82 Å². The van der Waals surface area contributed by atoms with Crippen molar-refractivity contribution in [2.45, 2.75) is 58.9 Å². The number of carbonyl (C=O) groups is 1. The fourth-order valence-electron chi connectivity index (χ4n) is 3.69. The first-order valence-electron chi connectivity index (χ1n) is 11.1. The first-order valence-corrected chi connectivity index (χ1v) is 13.4. The number of benzene rings is 2. The lowest BCUT2D eigenvalue weighted by atomic mass is 9.92. The van der Waals surface area contributed by atoms with Gasteiger partial charge >= 0.3 is 12.4 Å². The molecular formula is C23H23F7N2O5S2. The molecule has 0 spiro atoms. The van der Waals surface area contributed by atoms with Gasteiger partial charge in [-0.3, -0.25) is 9.10 Å². The van der Waals surface area contributed by atoms with E-state index in [1.807, 2.05) is 0 Å². The van der Waals surface area contributed by atoms with Gasteiger partial charge in [-0.15, -0.1) is 11.8 Å². The van der Waals surface area contributed by atoms with Crippen LogP contribution in [0.25, 0.3) is 0 Å². The van der Waals surface area contributed by atoms with Crippen LogP contribution in [0.5, 0.6) is 0 Å². The number of nitrogens with one attached hydrogen (secondary N) is 1. The van der Waals surface area contributed by atoms with Gasteiger partial charge in [0.2, 0.25) is 5.91 Å². The van der Waals surface area contributed by atoms with Gasteiger partial charge in [0.15, 0.2) is 0 Å². The first kappa shape index (κ1) is 31.0. The molecule has 2 aromatic carbocycles. The molecule has 0 saturated carbocycles. The maximum absolute atomic E-state index is 13.5. The van der Waals surface area contributed by atoms with Crippen LogP contribution in [0.3, 0.4) is 0 Å². The van der Waals surface area contributed by atoms with E-state index < -0.39 is 74.0 Å². The third-order valence-electron chi connectivity index (χ3n) is 5.66. The molecule has 1 unspecified atom stereocenters. The van der Waals surface area contributed by atoms with E-state index in [2.05, 4.69) is 5.32 Å². The zero-order valence-corrected chi connectivity index (χ0v) is 21.9. The van der Waals surface area contributed by atoms with Crippen molar-refractivity contribution >= 4 is 33.4 Å². The van der Waals surface area contributed by atoms with Crippen molar-refractivity contribution in [2.24, 2.45) is 0 Å². The monoisotopic (exact) mass is 604 g/mol. The minimum Gasteiger partial charge on any atom is -0.389 e. The molecule has 1 atom stereocenters. The van der Waals surface area contributed by atoms with Crippen LogP contribution in [0.4, 0.5) is 36.4 Å². The number of nitrogens with zero attached hydrogens (tertiary/aromatic N) is 1. The van der Waals surface area contributed by atoms with Gasteiger partial charge in [0.1, 0.15) is 5.82 Å². The summed E-state index contributed by atoms with van der Waals surface area (Å²) in [6.07, 6.45) is -12.8. The number of rotatable bonds is 7. The van der Waals surface area contributed by atoms with Crippen molar-refractivity contribution in [2.75, 3.05) is 17.4 Å². The molecule has 0 radical (unpaired) electrons. The highest BCUT2D eigenvalue weighted by atomic mass is 32.2. The molecule has 16 heteroatoms. The number of aliphatic hydroxyl groups is 2. The Morgan fingerprint density at radius 2 is 1.59 bits per heavy atom. The molecular weight excluding hydrogens is 581 g/mol. The van der Waals surface area contributed by atoms with Gasteiger partial charge in [-0.25, -0.2) is 12.8 Å². The Hall–Kier alpha value is -2.56. The zero-order chi connectivity index (χ0) is 29.6. The van der Waals surface area contributed by atoms with Crippen molar-refractivity contribution in [1.82, 2.24) is 5.32 Å². The second-order valence-corrected chi connectivity index (χ2v) is 12.6. The fraction of sp³-hybridized carbons (Fsp3) is 0.435. The molecule has 1 aliphatic heterocycles. The van der Waals surface area contributed by atoms with E-state index in [4.69, 9.17) is 0 Å². The standard InChI is InChI=1S/C23H23F7N2O5S2/c1-20(2,34)12-31-19(33)10-15-11-32(39(36,37)16-6-4-14(24)5-7-16)17-8-3-13(9-18(17)38-15)21(35,22(25,26)27)23(28,29)30/h3-9,15,34-35H,10-12H2,1-2H3,(H,31,33).